The highest BCUT2D eigenvalue weighted by Gasteiger charge is 2.14. The number of halogens is 1. The molecule has 0 N–H and O–H groups in total. The molecule has 0 unspecified atom stereocenters. The van der Waals surface area contributed by atoms with Gasteiger partial charge in [0.15, 0.2) is 0 Å². The molecule has 0 radical (unpaired) electrons. The largest absolute Gasteiger partial charge is 0.491 e. The molecule has 0 fully saturated rings. The average molecular weight is 327 g/mol. The molecule has 0 aliphatic carbocycles. The summed E-state index contributed by atoms with van der Waals surface area (Å²) >= 11 is 0. The van der Waals surface area contributed by atoms with E-state index in [2.05, 4.69) is 10.1 Å². The van der Waals surface area contributed by atoms with Crippen molar-refractivity contribution in [3.63, 3.8) is 0 Å². The van der Waals surface area contributed by atoms with Crippen LogP contribution in [-0.4, -0.2) is 42.3 Å². The molecule has 3 aromatic rings. The van der Waals surface area contributed by atoms with E-state index in [9.17, 15) is 4.39 Å². The zero-order valence-corrected chi connectivity index (χ0v) is 13.6. The number of benzene rings is 2. The van der Waals surface area contributed by atoms with Gasteiger partial charge in [0.2, 0.25) is 5.82 Å². The predicted octanol–water partition coefficient (Wildman–Crippen LogP) is 3.48. The highest BCUT2D eigenvalue weighted by molar-refractivity contribution is 5.65. The first-order chi connectivity index (χ1) is 11.6. The monoisotopic (exact) mass is 327 g/mol. The van der Waals surface area contributed by atoms with Crippen LogP contribution < -0.4 is 4.74 Å². The smallest absolute Gasteiger partial charge is 0.258 e. The Morgan fingerprint density at radius 2 is 1.96 bits per heavy atom. The summed E-state index contributed by atoms with van der Waals surface area (Å²) in [5, 5.41) is 4.00. The number of likely N-dealkylation sites (N-methyl/N-ethyl adjacent to an activating group) is 1. The molecule has 24 heavy (non-hydrogen) atoms. The summed E-state index contributed by atoms with van der Waals surface area (Å²) in [4.78, 5) is 6.40. The van der Waals surface area contributed by atoms with E-state index in [0.717, 1.165) is 12.1 Å². The van der Waals surface area contributed by atoms with E-state index in [0.29, 0.717) is 23.7 Å². The van der Waals surface area contributed by atoms with Gasteiger partial charge in [-0.25, -0.2) is 4.39 Å². The van der Waals surface area contributed by atoms with Crippen LogP contribution in [0, 0.1) is 5.82 Å². The van der Waals surface area contributed by atoms with Crippen molar-refractivity contribution in [1.29, 1.82) is 0 Å². The molecule has 0 aliphatic rings. The van der Waals surface area contributed by atoms with Gasteiger partial charge in [-0.3, -0.25) is 0 Å². The molecule has 1 aromatic heterocycles. The summed E-state index contributed by atoms with van der Waals surface area (Å²) in [5.41, 5.74) is 1.28. The fraction of sp³-hybridized carbons (Fsp3) is 0.222. The van der Waals surface area contributed by atoms with Gasteiger partial charge in [-0.1, -0.05) is 23.4 Å². The molecule has 0 spiro atoms. The van der Waals surface area contributed by atoms with Gasteiger partial charge in [0.05, 0.1) is 5.56 Å². The maximum atomic E-state index is 13.3. The van der Waals surface area contributed by atoms with Crippen LogP contribution in [0.1, 0.15) is 0 Å². The molecule has 6 heteroatoms. The lowest BCUT2D eigenvalue weighted by atomic mass is 10.2. The van der Waals surface area contributed by atoms with Crippen LogP contribution >= 0.6 is 0 Å². The summed E-state index contributed by atoms with van der Waals surface area (Å²) in [6.45, 7) is 1.35. The number of ether oxygens (including phenoxy) is 1. The minimum atomic E-state index is -0.348. The lowest BCUT2D eigenvalue weighted by Crippen LogP contribution is -2.19. The Labute approximate surface area is 139 Å². The molecule has 124 valence electrons. The van der Waals surface area contributed by atoms with Gasteiger partial charge in [0.1, 0.15) is 18.2 Å². The number of hydrogen-bond acceptors (Lipinski definition) is 5. The third-order valence-corrected chi connectivity index (χ3v) is 3.42. The molecule has 1 heterocycles. The van der Waals surface area contributed by atoms with E-state index < -0.39 is 0 Å². The zero-order valence-electron chi connectivity index (χ0n) is 13.6. The fourth-order valence-corrected chi connectivity index (χ4v) is 2.19. The standard InChI is InChI=1S/C18H18FN3O2/c1-22(2)10-11-23-16-9-4-3-8-15(16)17-20-18(24-21-17)13-6-5-7-14(19)12-13/h3-9,12H,10-11H2,1-2H3. The van der Waals surface area contributed by atoms with E-state index in [1.165, 1.54) is 12.1 Å². The Bertz CT molecular complexity index is 817. The molecule has 0 atom stereocenters. The van der Waals surface area contributed by atoms with Crippen molar-refractivity contribution < 1.29 is 13.7 Å². The molecule has 0 bridgehead atoms. The van der Waals surface area contributed by atoms with Crippen molar-refractivity contribution in [3.8, 4) is 28.6 Å². The number of nitrogens with zero attached hydrogens (tertiary/aromatic N) is 3. The lowest BCUT2D eigenvalue weighted by Gasteiger charge is -2.12. The summed E-state index contributed by atoms with van der Waals surface area (Å²) < 4.78 is 24.4. The van der Waals surface area contributed by atoms with E-state index in [-0.39, 0.29) is 11.7 Å². The minimum absolute atomic E-state index is 0.271. The SMILES string of the molecule is CN(C)CCOc1ccccc1-c1noc(-c2cccc(F)c2)n1. The van der Waals surface area contributed by atoms with Crippen molar-refractivity contribution in [1.82, 2.24) is 15.0 Å². The number of hydrogen-bond donors (Lipinski definition) is 0. The van der Waals surface area contributed by atoms with Crippen LogP contribution in [0.4, 0.5) is 4.39 Å². The number of rotatable bonds is 6. The summed E-state index contributed by atoms with van der Waals surface area (Å²) in [6, 6.07) is 13.6. The zero-order chi connectivity index (χ0) is 16.9. The van der Waals surface area contributed by atoms with Gasteiger partial charge in [0.25, 0.3) is 5.89 Å². The first kappa shape index (κ1) is 16.1. The molecule has 0 aliphatic heterocycles. The van der Waals surface area contributed by atoms with Gasteiger partial charge >= 0.3 is 0 Å². The van der Waals surface area contributed by atoms with Crippen LogP contribution in [0.2, 0.25) is 0 Å². The normalized spacial score (nSPS) is 11.0. The lowest BCUT2D eigenvalue weighted by molar-refractivity contribution is 0.262. The Morgan fingerprint density at radius 3 is 2.75 bits per heavy atom. The second-order valence-corrected chi connectivity index (χ2v) is 5.58. The topological polar surface area (TPSA) is 51.4 Å². The van der Waals surface area contributed by atoms with Gasteiger partial charge < -0.3 is 14.2 Å². The van der Waals surface area contributed by atoms with Crippen LogP contribution in [-0.2, 0) is 0 Å². The summed E-state index contributed by atoms with van der Waals surface area (Å²) in [5.74, 6) is 1.02. The Morgan fingerprint density at radius 1 is 1.12 bits per heavy atom. The van der Waals surface area contributed by atoms with Crippen molar-refractivity contribution in [2.45, 2.75) is 0 Å². The third-order valence-electron chi connectivity index (χ3n) is 3.42. The van der Waals surface area contributed by atoms with Gasteiger partial charge in [-0.2, -0.15) is 4.98 Å². The molecule has 3 rings (SSSR count). The van der Waals surface area contributed by atoms with Crippen LogP contribution in [0.25, 0.3) is 22.8 Å². The van der Waals surface area contributed by atoms with Crippen LogP contribution in [0.3, 0.4) is 0 Å². The van der Waals surface area contributed by atoms with Crippen LogP contribution in [0.5, 0.6) is 5.75 Å². The van der Waals surface area contributed by atoms with E-state index in [1.54, 1.807) is 12.1 Å². The molecule has 0 saturated heterocycles. The summed E-state index contributed by atoms with van der Waals surface area (Å²) in [6.07, 6.45) is 0. The summed E-state index contributed by atoms with van der Waals surface area (Å²) in [7, 11) is 3.97. The molecular weight excluding hydrogens is 309 g/mol. The third kappa shape index (κ3) is 3.78. The first-order valence-electron chi connectivity index (χ1n) is 7.60. The quantitative estimate of drug-likeness (QED) is 0.694. The predicted molar refractivity (Wildman–Crippen MR) is 89.2 cm³/mol. The maximum Gasteiger partial charge on any atom is 0.258 e. The Kier molecular flexibility index (Phi) is 4.86. The molecule has 0 saturated carbocycles. The van der Waals surface area contributed by atoms with Crippen molar-refractivity contribution in [2.24, 2.45) is 0 Å². The molecule has 2 aromatic carbocycles. The van der Waals surface area contributed by atoms with Crippen molar-refractivity contribution >= 4 is 0 Å². The van der Waals surface area contributed by atoms with Crippen molar-refractivity contribution in [2.75, 3.05) is 27.2 Å². The minimum Gasteiger partial charge on any atom is -0.491 e. The van der Waals surface area contributed by atoms with Crippen molar-refractivity contribution in [3.05, 3.63) is 54.3 Å². The number of aromatic nitrogens is 2. The fourth-order valence-electron chi connectivity index (χ4n) is 2.19. The first-order valence-corrected chi connectivity index (χ1v) is 7.60. The van der Waals surface area contributed by atoms with Gasteiger partial charge in [-0.05, 0) is 44.4 Å². The molecular formula is C18H18FN3O2. The van der Waals surface area contributed by atoms with E-state index >= 15 is 0 Å². The molecule has 5 nitrogen and oxygen atoms in total. The highest BCUT2D eigenvalue weighted by Crippen LogP contribution is 2.29. The van der Waals surface area contributed by atoms with Gasteiger partial charge in [0, 0.05) is 12.1 Å². The second kappa shape index (κ2) is 7.23. The maximum absolute atomic E-state index is 13.3. The van der Waals surface area contributed by atoms with Gasteiger partial charge in [-0.15, -0.1) is 0 Å². The Balaban J connectivity index is 1.85. The van der Waals surface area contributed by atoms with Crippen LogP contribution in [0.15, 0.2) is 53.1 Å². The van der Waals surface area contributed by atoms with E-state index in [1.807, 2.05) is 43.3 Å². The second-order valence-electron chi connectivity index (χ2n) is 5.58. The average Bonchev–Trinajstić information content (AvgIpc) is 3.05. The van der Waals surface area contributed by atoms with E-state index in [4.69, 9.17) is 9.26 Å². The highest BCUT2D eigenvalue weighted by atomic mass is 19.1. The Hall–Kier alpha value is -2.73. The molecule has 0 amide bonds. The number of para-hydroxylation sites is 1.